The molecule has 0 spiro atoms. The second kappa shape index (κ2) is 9.33. The van der Waals surface area contributed by atoms with E-state index in [1.165, 1.54) is 0 Å². The highest BCUT2D eigenvalue weighted by atomic mass is 32.1. The molecule has 1 fully saturated rings. The van der Waals surface area contributed by atoms with E-state index in [2.05, 4.69) is 16.2 Å². The number of hydrazine groups is 1. The van der Waals surface area contributed by atoms with Crippen LogP contribution in [0.4, 0.5) is 5.69 Å². The summed E-state index contributed by atoms with van der Waals surface area (Å²) in [5.74, 6) is -0.0491. The minimum Gasteiger partial charge on any atom is -0.383 e. The first-order valence-corrected chi connectivity index (χ1v) is 8.64. The minimum absolute atomic E-state index is 0.0442. The Balaban J connectivity index is 1.76. The summed E-state index contributed by atoms with van der Waals surface area (Å²) in [5.41, 5.74) is 6.96. The molecule has 7 nitrogen and oxygen atoms in total. The molecular weight excluding hydrogens is 340 g/mol. The zero-order valence-corrected chi connectivity index (χ0v) is 15.3. The van der Waals surface area contributed by atoms with Gasteiger partial charge in [0.1, 0.15) is 0 Å². The molecule has 8 heteroatoms. The standard InChI is InChI=1S/C17H24N4O3S/c1-12(11-24-2)18-17(25)20-19-15(22)10-13-5-7-14(8-6-13)21-9-3-4-16(21)23/h5-8,12H,3-4,9-11H2,1-2H3,(H,19,22)(H2,18,20,25)/t12-/m1/s1. The Morgan fingerprint density at radius 1 is 1.32 bits per heavy atom. The van der Waals surface area contributed by atoms with Gasteiger partial charge in [-0.1, -0.05) is 12.1 Å². The normalized spacial score (nSPS) is 15.0. The molecule has 0 aliphatic carbocycles. The van der Waals surface area contributed by atoms with Gasteiger partial charge in [0, 0.05) is 31.8 Å². The van der Waals surface area contributed by atoms with Crippen LogP contribution in [0, 0.1) is 0 Å². The van der Waals surface area contributed by atoms with Crippen LogP contribution in [0.1, 0.15) is 25.3 Å². The van der Waals surface area contributed by atoms with Gasteiger partial charge >= 0.3 is 0 Å². The second-order valence-corrected chi connectivity index (χ2v) is 6.40. The molecule has 0 bridgehead atoms. The van der Waals surface area contributed by atoms with Crippen molar-refractivity contribution < 1.29 is 14.3 Å². The number of ether oxygens (including phenoxy) is 1. The van der Waals surface area contributed by atoms with E-state index in [9.17, 15) is 9.59 Å². The fourth-order valence-electron chi connectivity index (χ4n) is 2.62. The van der Waals surface area contributed by atoms with Crippen molar-refractivity contribution in [3.8, 4) is 0 Å². The first-order valence-electron chi connectivity index (χ1n) is 8.23. The highest BCUT2D eigenvalue weighted by molar-refractivity contribution is 7.80. The molecule has 0 unspecified atom stereocenters. The molecular formula is C17H24N4O3S. The van der Waals surface area contributed by atoms with Crippen molar-refractivity contribution in [2.45, 2.75) is 32.2 Å². The monoisotopic (exact) mass is 364 g/mol. The van der Waals surface area contributed by atoms with Crippen LogP contribution in [-0.2, 0) is 20.7 Å². The number of benzene rings is 1. The SMILES string of the molecule is COC[C@@H](C)NC(=S)NNC(=O)Cc1ccc(N2CCCC2=O)cc1. The van der Waals surface area contributed by atoms with Crippen LogP contribution in [0.5, 0.6) is 0 Å². The van der Waals surface area contributed by atoms with E-state index in [-0.39, 0.29) is 24.3 Å². The molecule has 1 saturated heterocycles. The summed E-state index contributed by atoms with van der Waals surface area (Å²) < 4.78 is 5.00. The van der Waals surface area contributed by atoms with E-state index in [0.29, 0.717) is 18.1 Å². The molecule has 1 aromatic rings. The van der Waals surface area contributed by atoms with E-state index in [4.69, 9.17) is 17.0 Å². The summed E-state index contributed by atoms with van der Waals surface area (Å²) >= 11 is 5.09. The molecule has 2 amide bonds. The van der Waals surface area contributed by atoms with Crippen molar-refractivity contribution in [1.29, 1.82) is 0 Å². The maximum absolute atomic E-state index is 12.0. The predicted octanol–water partition coefficient (Wildman–Crippen LogP) is 0.886. The van der Waals surface area contributed by atoms with E-state index >= 15 is 0 Å². The Kier molecular flexibility index (Phi) is 7.15. The van der Waals surface area contributed by atoms with Gasteiger partial charge < -0.3 is 15.0 Å². The van der Waals surface area contributed by atoms with E-state index in [1.54, 1.807) is 12.0 Å². The second-order valence-electron chi connectivity index (χ2n) is 6.00. The van der Waals surface area contributed by atoms with Crippen molar-refractivity contribution in [2.24, 2.45) is 0 Å². The minimum atomic E-state index is -0.200. The summed E-state index contributed by atoms with van der Waals surface area (Å²) in [7, 11) is 1.61. The lowest BCUT2D eigenvalue weighted by Crippen LogP contribution is -2.50. The van der Waals surface area contributed by atoms with Gasteiger partial charge in [0.2, 0.25) is 11.8 Å². The summed E-state index contributed by atoms with van der Waals surface area (Å²) in [6.07, 6.45) is 1.72. The van der Waals surface area contributed by atoms with Crippen molar-refractivity contribution in [3.63, 3.8) is 0 Å². The van der Waals surface area contributed by atoms with Crippen LogP contribution >= 0.6 is 12.2 Å². The third-order valence-electron chi connectivity index (χ3n) is 3.80. The maximum atomic E-state index is 12.0. The highest BCUT2D eigenvalue weighted by Crippen LogP contribution is 2.21. The quantitative estimate of drug-likeness (QED) is 0.514. The number of carbonyl (C=O) groups excluding carboxylic acids is 2. The van der Waals surface area contributed by atoms with Gasteiger partial charge in [-0.15, -0.1) is 0 Å². The summed E-state index contributed by atoms with van der Waals surface area (Å²) in [6.45, 7) is 3.20. The average Bonchev–Trinajstić information content (AvgIpc) is 3.00. The molecule has 1 aromatic carbocycles. The van der Waals surface area contributed by atoms with Gasteiger partial charge in [0.25, 0.3) is 0 Å². The molecule has 25 heavy (non-hydrogen) atoms. The summed E-state index contributed by atoms with van der Waals surface area (Å²) in [6, 6.07) is 7.51. The maximum Gasteiger partial charge on any atom is 0.242 e. The number of hydrogen-bond donors (Lipinski definition) is 3. The van der Waals surface area contributed by atoms with Crippen molar-refractivity contribution >= 4 is 34.8 Å². The number of nitrogens with one attached hydrogen (secondary N) is 3. The van der Waals surface area contributed by atoms with Crippen LogP contribution < -0.4 is 21.1 Å². The predicted molar refractivity (Wildman–Crippen MR) is 100 cm³/mol. The van der Waals surface area contributed by atoms with Crippen molar-refractivity contribution in [1.82, 2.24) is 16.2 Å². The average molecular weight is 364 g/mol. The van der Waals surface area contributed by atoms with Gasteiger partial charge in [-0.05, 0) is 43.3 Å². The number of thiocarbonyl (C=S) groups is 1. The van der Waals surface area contributed by atoms with Crippen molar-refractivity contribution in [3.05, 3.63) is 29.8 Å². The van der Waals surface area contributed by atoms with E-state index < -0.39 is 0 Å². The van der Waals surface area contributed by atoms with Crippen LogP contribution in [0.15, 0.2) is 24.3 Å². The largest absolute Gasteiger partial charge is 0.383 e. The van der Waals surface area contributed by atoms with Gasteiger partial charge in [-0.2, -0.15) is 0 Å². The molecule has 1 aliphatic rings. The zero-order valence-electron chi connectivity index (χ0n) is 14.5. The number of carbonyl (C=O) groups is 2. The lowest BCUT2D eigenvalue weighted by molar-refractivity contribution is -0.121. The summed E-state index contributed by atoms with van der Waals surface area (Å²) in [5, 5.41) is 3.32. The molecule has 0 aromatic heterocycles. The molecule has 136 valence electrons. The smallest absolute Gasteiger partial charge is 0.242 e. The first kappa shape index (κ1) is 19.1. The number of hydrogen-bond acceptors (Lipinski definition) is 4. The molecule has 1 heterocycles. The number of nitrogens with zero attached hydrogens (tertiary/aromatic N) is 1. The number of amides is 2. The summed E-state index contributed by atoms with van der Waals surface area (Å²) in [4.78, 5) is 25.5. The Bertz CT molecular complexity index is 621. The third kappa shape index (κ3) is 5.99. The molecule has 1 aliphatic heterocycles. The van der Waals surface area contributed by atoms with E-state index in [0.717, 1.165) is 24.2 Å². The van der Waals surface area contributed by atoms with Crippen LogP contribution in [0.2, 0.25) is 0 Å². The molecule has 3 N–H and O–H groups in total. The lowest BCUT2D eigenvalue weighted by atomic mass is 10.1. The Morgan fingerprint density at radius 2 is 2.04 bits per heavy atom. The van der Waals surface area contributed by atoms with Gasteiger partial charge in [0.15, 0.2) is 5.11 Å². The number of methoxy groups -OCH3 is 1. The third-order valence-corrected chi connectivity index (χ3v) is 4.02. The van der Waals surface area contributed by atoms with Crippen molar-refractivity contribution in [2.75, 3.05) is 25.2 Å². The van der Waals surface area contributed by atoms with Crippen LogP contribution in [0.3, 0.4) is 0 Å². The Labute approximate surface area is 153 Å². The Morgan fingerprint density at radius 3 is 2.64 bits per heavy atom. The zero-order chi connectivity index (χ0) is 18.2. The fourth-order valence-corrected chi connectivity index (χ4v) is 2.87. The van der Waals surface area contributed by atoms with Crippen LogP contribution in [0.25, 0.3) is 0 Å². The first-order chi connectivity index (χ1) is 12.0. The number of rotatable bonds is 6. The van der Waals surface area contributed by atoms with Gasteiger partial charge in [-0.25, -0.2) is 0 Å². The van der Waals surface area contributed by atoms with Crippen LogP contribution in [-0.4, -0.2) is 43.2 Å². The molecule has 1 atom stereocenters. The van der Waals surface area contributed by atoms with Gasteiger partial charge in [-0.3, -0.25) is 20.4 Å². The molecule has 0 radical (unpaired) electrons. The fraction of sp³-hybridized carbons (Fsp3) is 0.471. The lowest BCUT2D eigenvalue weighted by Gasteiger charge is -2.17. The topological polar surface area (TPSA) is 82.7 Å². The molecule has 0 saturated carbocycles. The highest BCUT2D eigenvalue weighted by Gasteiger charge is 2.21. The molecule has 2 rings (SSSR count). The number of anilines is 1. The van der Waals surface area contributed by atoms with E-state index in [1.807, 2.05) is 31.2 Å². The Hall–Kier alpha value is -2.19. The van der Waals surface area contributed by atoms with Gasteiger partial charge in [0.05, 0.1) is 13.0 Å².